The molecule has 0 heterocycles. The number of nitrogens with zero attached hydrogens (tertiary/aromatic N) is 1. The molecule has 0 aliphatic rings. The molecule has 0 aliphatic heterocycles. The molecule has 0 fully saturated rings. The van der Waals surface area contributed by atoms with Gasteiger partial charge in [-0.1, -0.05) is 26.0 Å². The van der Waals surface area contributed by atoms with E-state index in [1.54, 1.807) is 0 Å². The first kappa shape index (κ1) is 25.0. The fraction of sp³-hybridized carbons (Fsp3) is 0.650. The predicted octanol–water partition coefficient (Wildman–Crippen LogP) is 4.21. The van der Waals surface area contributed by atoms with Gasteiger partial charge in [-0.25, -0.2) is 4.99 Å². The lowest BCUT2D eigenvalue weighted by atomic mass is 10.2. The first-order chi connectivity index (χ1) is 12.2. The molecule has 0 spiro atoms. The van der Waals surface area contributed by atoms with Gasteiger partial charge in [0.1, 0.15) is 5.75 Å². The number of unbranched alkanes of at least 4 members (excludes halogenated alkanes) is 1. The van der Waals surface area contributed by atoms with Gasteiger partial charge in [0.15, 0.2) is 5.96 Å². The van der Waals surface area contributed by atoms with Crippen molar-refractivity contribution in [3.63, 3.8) is 0 Å². The van der Waals surface area contributed by atoms with Crippen LogP contribution in [0.25, 0.3) is 0 Å². The third kappa shape index (κ3) is 12.4. The van der Waals surface area contributed by atoms with Crippen LogP contribution in [0.1, 0.15) is 46.1 Å². The van der Waals surface area contributed by atoms with Crippen molar-refractivity contribution in [1.29, 1.82) is 0 Å². The Balaban J connectivity index is 0.00000625. The number of guanidine groups is 1. The van der Waals surface area contributed by atoms with Gasteiger partial charge in [0, 0.05) is 26.3 Å². The van der Waals surface area contributed by atoms with Crippen LogP contribution in [0.15, 0.2) is 29.3 Å². The molecule has 0 radical (unpaired) electrons. The molecule has 0 aliphatic carbocycles. The summed E-state index contributed by atoms with van der Waals surface area (Å²) in [6.07, 6.45) is 2.14. The molecule has 150 valence electrons. The van der Waals surface area contributed by atoms with Crippen LogP contribution in [0.3, 0.4) is 0 Å². The summed E-state index contributed by atoms with van der Waals surface area (Å²) >= 11 is 0. The van der Waals surface area contributed by atoms with Gasteiger partial charge < -0.3 is 20.1 Å². The van der Waals surface area contributed by atoms with Crippen LogP contribution in [0.2, 0.25) is 0 Å². The number of rotatable bonds is 12. The van der Waals surface area contributed by atoms with E-state index in [1.165, 1.54) is 0 Å². The molecule has 0 unspecified atom stereocenters. The molecule has 26 heavy (non-hydrogen) atoms. The van der Waals surface area contributed by atoms with Crippen LogP contribution < -0.4 is 15.4 Å². The van der Waals surface area contributed by atoms with Crippen LogP contribution in [0.5, 0.6) is 5.75 Å². The van der Waals surface area contributed by atoms with Crippen molar-refractivity contribution in [3.8, 4) is 5.75 Å². The number of hydrogen-bond acceptors (Lipinski definition) is 3. The Labute approximate surface area is 176 Å². The standard InChI is InChI=1S/C20H35N3O2.HI/c1-5-21-20(22-12-7-8-13-24-6-2)23-15-18-10-9-11-19(14-18)25-16-17(3)4;/h9-11,14,17H,5-8,12-13,15-16H2,1-4H3,(H2,21,22,23);1H. The third-order valence-electron chi connectivity index (χ3n) is 3.46. The zero-order valence-electron chi connectivity index (χ0n) is 16.7. The van der Waals surface area contributed by atoms with Crippen LogP contribution in [0.4, 0.5) is 0 Å². The number of aliphatic imine (C=N–C) groups is 1. The minimum atomic E-state index is 0. The van der Waals surface area contributed by atoms with Crippen LogP contribution in [-0.2, 0) is 11.3 Å². The lowest BCUT2D eigenvalue weighted by Crippen LogP contribution is -2.37. The lowest BCUT2D eigenvalue weighted by molar-refractivity contribution is 0.143. The van der Waals surface area contributed by atoms with Crippen molar-refractivity contribution in [3.05, 3.63) is 29.8 Å². The summed E-state index contributed by atoms with van der Waals surface area (Å²) in [6, 6.07) is 8.17. The summed E-state index contributed by atoms with van der Waals surface area (Å²) in [5.41, 5.74) is 1.15. The van der Waals surface area contributed by atoms with Crippen LogP contribution in [-0.4, -0.2) is 38.9 Å². The van der Waals surface area contributed by atoms with Gasteiger partial charge in [0.25, 0.3) is 0 Å². The van der Waals surface area contributed by atoms with E-state index < -0.39 is 0 Å². The molecule has 1 rings (SSSR count). The Hall–Kier alpha value is -1.02. The number of nitrogens with one attached hydrogen (secondary N) is 2. The first-order valence-corrected chi connectivity index (χ1v) is 9.47. The SMILES string of the molecule is CCNC(=NCc1cccc(OCC(C)C)c1)NCCCCOCC.I. The second-order valence-corrected chi connectivity index (χ2v) is 6.38. The smallest absolute Gasteiger partial charge is 0.191 e. The molecule has 2 N–H and O–H groups in total. The minimum absolute atomic E-state index is 0. The third-order valence-corrected chi connectivity index (χ3v) is 3.46. The first-order valence-electron chi connectivity index (χ1n) is 9.47. The van der Waals surface area contributed by atoms with E-state index >= 15 is 0 Å². The average molecular weight is 477 g/mol. The van der Waals surface area contributed by atoms with E-state index in [-0.39, 0.29) is 24.0 Å². The Morgan fingerprint density at radius 1 is 1.15 bits per heavy atom. The molecular weight excluding hydrogens is 441 g/mol. The average Bonchev–Trinajstić information content (AvgIpc) is 2.61. The number of benzene rings is 1. The maximum Gasteiger partial charge on any atom is 0.191 e. The van der Waals surface area contributed by atoms with Gasteiger partial charge in [-0.15, -0.1) is 24.0 Å². The van der Waals surface area contributed by atoms with Crippen LogP contribution in [0, 0.1) is 5.92 Å². The monoisotopic (exact) mass is 477 g/mol. The highest BCUT2D eigenvalue weighted by atomic mass is 127. The molecule has 0 bridgehead atoms. The second kappa shape index (κ2) is 16.2. The van der Waals surface area contributed by atoms with Gasteiger partial charge >= 0.3 is 0 Å². The highest BCUT2D eigenvalue weighted by Crippen LogP contribution is 2.15. The Morgan fingerprint density at radius 2 is 1.96 bits per heavy atom. The van der Waals surface area contributed by atoms with Gasteiger partial charge in [-0.05, 0) is 50.3 Å². The summed E-state index contributed by atoms with van der Waals surface area (Å²) in [4.78, 5) is 4.66. The second-order valence-electron chi connectivity index (χ2n) is 6.38. The topological polar surface area (TPSA) is 54.9 Å². The zero-order chi connectivity index (χ0) is 18.3. The van der Waals surface area contributed by atoms with Gasteiger partial charge in [0.2, 0.25) is 0 Å². The highest BCUT2D eigenvalue weighted by molar-refractivity contribution is 14.0. The van der Waals surface area contributed by atoms with E-state index in [9.17, 15) is 0 Å². The highest BCUT2D eigenvalue weighted by Gasteiger charge is 2.01. The van der Waals surface area contributed by atoms with Crippen molar-refractivity contribution in [2.45, 2.75) is 47.1 Å². The fourth-order valence-corrected chi connectivity index (χ4v) is 2.19. The van der Waals surface area contributed by atoms with E-state index in [0.717, 1.165) is 63.0 Å². The predicted molar refractivity (Wildman–Crippen MR) is 121 cm³/mol. The van der Waals surface area contributed by atoms with Crippen molar-refractivity contribution in [2.24, 2.45) is 10.9 Å². The van der Waals surface area contributed by atoms with E-state index in [0.29, 0.717) is 12.5 Å². The quantitative estimate of drug-likeness (QED) is 0.205. The molecule has 0 amide bonds. The molecule has 0 atom stereocenters. The van der Waals surface area contributed by atoms with E-state index in [1.807, 2.05) is 19.1 Å². The minimum Gasteiger partial charge on any atom is -0.493 e. The van der Waals surface area contributed by atoms with E-state index in [4.69, 9.17) is 9.47 Å². The maximum atomic E-state index is 5.78. The van der Waals surface area contributed by atoms with E-state index in [2.05, 4.69) is 48.5 Å². The molecule has 0 saturated carbocycles. The summed E-state index contributed by atoms with van der Waals surface area (Å²) < 4.78 is 11.1. The normalized spacial score (nSPS) is 11.2. The summed E-state index contributed by atoms with van der Waals surface area (Å²) in [5.74, 6) is 2.29. The van der Waals surface area contributed by atoms with Gasteiger partial charge in [-0.3, -0.25) is 0 Å². The fourth-order valence-electron chi connectivity index (χ4n) is 2.19. The summed E-state index contributed by atoms with van der Waals surface area (Å²) in [6.45, 7) is 13.1. The number of ether oxygens (including phenoxy) is 2. The van der Waals surface area contributed by atoms with Crippen molar-refractivity contribution < 1.29 is 9.47 Å². The number of halogens is 1. The molecule has 0 aromatic heterocycles. The number of hydrogen-bond donors (Lipinski definition) is 2. The Bertz CT molecular complexity index is 496. The lowest BCUT2D eigenvalue weighted by Gasteiger charge is -2.12. The maximum absolute atomic E-state index is 5.78. The molecule has 6 heteroatoms. The molecule has 1 aromatic rings. The van der Waals surface area contributed by atoms with Crippen molar-refractivity contribution in [2.75, 3.05) is 32.9 Å². The Kier molecular flexibility index (Phi) is 15.5. The molecule has 0 saturated heterocycles. The summed E-state index contributed by atoms with van der Waals surface area (Å²) in [7, 11) is 0. The van der Waals surface area contributed by atoms with Gasteiger partial charge in [0.05, 0.1) is 13.2 Å². The van der Waals surface area contributed by atoms with Crippen molar-refractivity contribution in [1.82, 2.24) is 10.6 Å². The largest absolute Gasteiger partial charge is 0.493 e. The van der Waals surface area contributed by atoms with Crippen molar-refractivity contribution >= 4 is 29.9 Å². The Morgan fingerprint density at radius 3 is 2.65 bits per heavy atom. The molecular formula is C20H36IN3O2. The molecule has 1 aromatic carbocycles. The molecule has 5 nitrogen and oxygen atoms in total. The van der Waals surface area contributed by atoms with Crippen LogP contribution >= 0.6 is 24.0 Å². The van der Waals surface area contributed by atoms with Gasteiger partial charge in [-0.2, -0.15) is 0 Å². The zero-order valence-corrected chi connectivity index (χ0v) is 19.0. The summed E-state index contributed by atoms with van der Waals surface area (Å²) in [5, 5.41) is 6.66.